The van der Waals surface area contributed by atoms with Gasteiger partial charge in [-0.3, -0.25) is 37.4 Å². The summed E-state index contributed by atoms with van der Waals surface area (Å²) < 4.78 is 103. The number of alkyl halides is 1. The van der Waals surface area contributed by atoms with Gasteiger partial charge in [0.2, 0.25) is 0 Å². The number of rotatable bonds is 4. The fourth-order valence-electron chi connectivity index (χ4n) is 4.82. The van der Waals surface area contributed by atoms with E-state index in [4.69, 9.17) is 0 Å². The first kappa shape index (κ1) is 49.4. The van der Waals surface area contributed by atoms with E-state index >= 15 is 0 Å². The van der Waals surface area contributed by atoms with E-state index in [0.29, 0.717) is 22.8 Å². The number of pyridine rings is 4. The number of halogens is 10. The molecule has 1 aliphatic rings. The molecule has 0 saturated carbocycles. The number of aromatic nitrogens is 4. The van der Waals surface area contributed by atoms with Gasteiger partial charge in [-0.2, -0.15) is 0 Å². The molecule has 16 heteroatoms. The van der Waals surface area contributed by atoms with Gasteiger partial charge in [0.15, 0.2) is 0 Å². The molecular weight excluding hydrogens is 1190 g/mol. The zero-order chi connectivity index (χ0) is 43.9. The Hall–Kier alpha value is -4.94. The fraction of sp³-hybridized carbons (Fsp3) is 0.0455. The van der Waals surface area contributed by atoms with Gasteiger partial charge in [0.25, 0.3) is 0 Å². The zero-order valence-electron chi connectivity index (χ0n) is 30.2. The first-order valence-electron chi connectivity index (χ1n) is 16.7. The summed E-state index contributed by atoms with van der Waals surface area (Å²) in [5, 5.41) is 0. The predicted octanol–water partition coefficient (Wildman–Crippen LogP) is 12.6. The molecule has 0 radical (unpaired) electrons. The van der Waals surface area contributed by atoms with Gasteiger partial charge < -0.3 is 19.3 Å². The van der Waals surface area contributed by atoms with E-state index in [-0.39, 0.29) is 16.7 Å². The van der Waals surface area contributed by atoms with Gasteiger partial charge >= 0.3 is 54.9 Å². The summed E-state index contributed by atoms with van der Waals surface area (Å²) in [5.41, 5.74) is 2.48. The molecule has 4 aromatic heterocycles. The van der Waals surface area contributed by atoms with Crippen LogP contribution < -0.4 is 0 Å². The molecule has 2 unspecified atom stereocenters. The molecule has 8 rings (SSSR count). The molecule has 0 aliphatic heterocycles. The Labute approximate surface area is 370 Å². The second-order valence-corrected chi connectivity index (χ2v) is 11.3. The van der Waals surface area contributed by atoms with Gasteiger partial charge in [0, 0.05) is 65.4 Å². The molecule has 0 N–H and O–H groups in total. The molecule has 0 spiro atoms. The van der Waals surface area contributed by atoms with Crippen LogP contribution in [-0.4, -0.2) is 26.1 Å². The van der Waals surface area contributed by atoms with Crippen molar-refractivity contribution >= 4 is 19.2 Å². The first-order chi connectivity index (χ1) is 29.1. The minimum atomic E-state index is -1.38. The van der Waals surface area contributed by atoms with Crippen molar-refractivity contribution in [3.63, 3.8) is 0 Å². The van der Waals surface area contributed by atoms with E-state index in [1.807, 2.05) is 0 Å². The molecule has 0 amide bonds. The van der Waals surface area contributed by atoms with E-state index in [1.54, 1.807) is 97.6 Å². The van der Waals surface area contributed by atoms with E-state index in [2.05, 4.69) is 63.4 Å². The third-order valence-electron chi connectivity index (χ3n) is 7.38. The van der Waals surface area contributed by atoms with Crippen LogP contribution in [0.15, 0.2) is 152 Å². The monoisotopic (exact) mass is 1220 g/mol. The Kier molecular flexibility index (Phi) is 22.3. The predicted molar refractivity (Wildman–Crippen MR) is 206 cm³/mol. The Morgan fingerprint density at radius 1 is 0.483 bits per heavy atom. The quantitative estimate of drug-likeness (QED) is 0.130. The molecule has 0 saturated heterocycles. The average Bonchev–Trinajstić information content (AvgIpc) is 3.27. The first-order valence-corrected chi connectivity index (χ1v) is 22.6. The number of hydrogen-bond donors (Lipinski definition) is 0. The number of hydrogen-bond acceptors (Lipinski definition) is 4. The number of allylic oxidation sites excluding steroid dienone is 4. The fourth-order valence-corrected chi connectivity index (χ4v) is 4.82. The molecule has 60 heavy (non-hydrogen) atoms. The van der Waals surface area contributed by atoms with Crippen molar-refractivity contribution < 1.29 is 70.9 Å². The molecule has 0 fully saturated rings. The molecule has 7 aromatic rings. The standard InChI is InChI=1S/C11H8F2N.3C11H6F2N.2ClH.2Ir/c4*12-8-4-5-9(10(13)7-8)11-3-1-2-6-14-11;;;;/h1-4,6-7,9-10H;3*1-4,6-7H;2*1H;;/q4*-1;;;2*+3/p-2. The van der Waals surface area contributed by atoms with Crippen LogP contribution in [-0.2, 0) is 35.8 Å². The zero-order valence-corrected chi connectivity index (χ0v) is 36.5. The summed E-state index contributed by atoms with van der Waals surface area (Å²) in [6.07, 6.45) is 9.56. The number of benzene rings is 3. The minimum absolute atomic E-state index is 0.187. The Balaban J connectivity index is 0.000000208. The van der Waals surface area contributed by atoms with Crippen molar-refractivity contribution in [1.82, 2.24) is 19.9 Å². The van der Waals surface area contributed by atoms with Crippen LogP contribution in [0.5, 0.6) is 0 Å². The van der Waals surface area contributed by atoms with Crippen molar-refractivity contribution in [2.45, 2.75) is 12.1 Å². The molecule has 4 nitrogen and oxygen atoms in total. The summed E-state index contributed by atoms with van der Waals surface area (Å²) in [7, 11) is 9.28. The molecule has 310 valence electrons. The molecule has 1 aliphatic carbocycles. The molecule has 3 aromatic carbocycles. The molecule has 2 atom stereocenters. The third kappa shape index (κ3) is 15.9. The maximum atomic E-state index is 13.3. The van der Waals surface area contributed by atoms with Crippen LogP contribution in [0.3, 0.4) is 0 Å². The number of nitrogens with zero attached hydrogens (tertiary/aromatic N) is 4. The van der Waals surface area contributed by atoms with Crippen LogP contribution >= 0.6 is 19.2 Å². The van der Waals surface area contributed by atoms with E-state index in [1.165, 1.54) is 35.8 Å². The van der Waals surface area contributed by atoms with Crippen LogP contribution in [0.4, 0.5) is 35.1 Å². The summed E-state index contributed by atoms with van der Waals surface area (Å²) in [6, 6.07) is 33.8. The second-order valence-electron chi connectivity index (χ2n) is 11.3. The normalized spacial score (nSPS) is 13.4. The van der Waals surface area contributed by atoms with Crippen molar-refractivity contribution in [1.29, 1.82) is 0 Å². The van der Waals surface area contributed by atoms with Gasteiger partial charge in [0.1, 0.15) is 6.17 Å². The second kappa shape index (κ2) is 27.0. The summed E-state index contributed by atoms with van der Waals surface area (Å²) in [4.78, 5) is 15.8. The van der Waals surface area contributed by atoms with Crippen LogP contribution in [0, 0.1) is 59.2 Å². The third-order valence-corrected chi connectivity index (χ3v) is 7.38. The Morgan fingerprint density at radius 3 is 1.12 bits per heavy atom. The van der Waals surface area contributed by atoms with Crippen LogP contribution in [0.1, 0.15) is 11.6 Å². The van der Waals surface area contributed by atoms with Crippen LogP contribution in [0.2, 0.25) is 0 Å². The SMILES string of the molecule is FC1=CC(F)C(c2ccccn2)[C-]=C1.Fc1c[c-]c(-c2ccccn2)c(F)c1.Fc1c[c-]c(-c2ccccn2)c(F)c1.Fc1c[c-]c(-c2ccccn2)c(F)c1.[Cl][Ir+2].[Cl][Ir+2]. The summed E-state index contributed by atoms with van der Waals surface area (Å²) in [5.74, 6) is -5.02. The average molecular weight is 1220 g/mol. The Morgan fingerprint density at radius 2 is 0.833 bits per heavy atom. The van der Waals surface area contributed by atoms with Crippen molar-refractivity contribution in [3.8, 4) is 33.8 Å². The maximum absolute atomic E-state index is 13.3. The van der Waals surface area contributed by atoms with E-state index in [9.17, 15) is 35.1 Å². The van der Waals surface area contributed by atoms with Gasteiger partial charge in [-0.25, -0.2) is 10.5 Å². The van der Waals surface area contributed by atoms with Crippen molar-refractivity contribution in [2.24, 2.45) is 0 Å². The van der Waals surface area contributed by atoms with Gasteiger partial charge in [-0.15, -0.1) is 36.4 Å². The summed E-state index contributed by atoms with van der Waals surface area (Å²) >= 11 is 2.94. The topological polar surface area (TPSA) is 51.6 Å². The summed E-state index contributed by atoms with van der Waals surface area (Å²) in [6.45, 7) is 0. The molecular formula is C44H26Cl2F8Ir2N4. The van der Waals surface area contributed by atoms with Gasteiger partial charge in [0.05, 0.1) is 0 Å². The van der Waals surface area contributed by atoms with Crippen molar-refractivity contribution in [2.75, 3.05) is 0 Å². The van der Waals surface area contributed by atoms with Crippen molar-refractivity contribution in [3.05, 3.63) is 217 Å². The molecule has 4 heterocycles. The van der Waals surface area contributed by atoms with E-state index < -0.39 is 52.8 Å². The Bertz CT molecular complexity index is 2180. The van der Waals surface area contributed by atoms with Gasteiger partial charge in [-0.05, 0) is 59.2 Å². The van der Waals surface area contributed by atoms with Gasteiger partial charge in [-0.1, -0.05) is 83.4 Å². The van der Waals surface area contributed by atoms with Crippen LogP contribution in [0.25, 0.3) is 33.8 Å². The van der Waals surface area contributed by atoms with E-state index in [0.717, 1.165) is 48.6 Å². The molecule has 0 bridgehead atoms.